The fraction of sp³-hybridized carbons (Fsp3) is 0.471. The summed E-state index contributed by atoms with van der Waals surface area (Å²) < 4.78 is 2.72. The Bertz CT molecular complexity index is 788. The summed E-state index contributed by atoms with van der Waals surface area (Å²) >= 11 is 0. The molecule has 1 aliphatic carbocycles. The van der Waals surface area contributed by atoms with E-state index in [0.717, 1.165) is 19.3 Å². The van der Waals surface area contributed by atoms with Gasteiger partial charge < -0.3 is 10.6 Å². The monoisotopic (exact) mass is 329 g/mol. The van der Waals surface area contributed by atoms with Crippen LogP contribution in [0.1, 0.15) is 33.1 Å². The Morgan fingerprint density at radius 2 is 2.00 bits per heavy atom. The minimum absolute atomic E-state index is 0.140. The quantitative estimate of drug-likeness (QED) is 0.906. The molecule has 2 aromatic rings. The fourth-order valence-corrected chi connectivity index (χ4v) is 3.16. The smallest absolute Gasteiger partial charge is 0.335 e. The zero-order valence-electron chi connectivity index (χ0n) is 14.2. The lowest BCUT2D eigenvalue weighted by Crippen LogP contribution is -2.43. The Kier molecular flexibility index (Phi) is 4.17. The summed E-state index contributed by atoms with van der Waals surface area (Å²) in [4.78, 5) is 24.0. The van der Waals surface area contributed by atoms with E-state index in [1.807, 2.05) is 0 Å². The molecule has 1 aliphatic rings. The molecule has 1 heterocycles. The number of carbonyl (C=O) groups excluding carboxylic acids is 1. The van der Waals surface area contributed by atoms with Gasteiger partial charge in [-0.15, -0.1) is 0 Å². The summed E-state index contributed by atoms with van der Waals surface area (Å²) in [5.41, 5.74) is 1.26. The number of carbonyl (C=O) groups is 1. The maximum Gasteiger partial charge on any atom is 0.350 e. The van der Waals surface area contributed by atoms with Crippen molar-refractivity contribution in [1.82, 2.24) is 19.7 Å². The Balaban J connectivity index is 1.65. The summed E-state index contributed by atoms with van der Waals surface area (Å²) in [6.07, 6.45) is 4.75. The van der Waals surface area contributed by atoms with Crippen LogP contribution in [0.2, 0.25) is 0 Å². The van der Waals surface area contributed by atoms with E-state index >= 15 is 0 Å². The van der Waals surface area contributed by atoms with Crippen molar-refractivity contribution in [3.05, 3.63) is 41.1 Å². The van der Waals surface area contributed by atoms with Crippen LogP contribution in [0.4, 0.5) is 10.5 Å². The Morgan fingerprint density at radius 3 is 2.54 bits per heavy atom. The summed E-state index contributed by atoms with van der Waals surface area (Å²) in [7, 11) is 1.65. The molecule has 0 spiro atoms. The third kappa shape index (κ3) is 3.20. The highest BCUT2D eigenvalue weighted by Crippen LogP contribution is 2.37. The number of nitrogens with zero attached hydrogens (tertiary/aromatic N) is 3. The van der Waals surface area contributed by atoms with Gasteiger partial charge >= 0.3 is 11.7 Å². The predicted octanol–water partition coefficient (Wildman–Crippen LogP) is 2.27. The molecule has 0 saturated heterocycles. The van der Waals surface area contributed by atoms with Crippen molar-refractivity contribution < 1.29 is 4.79 Å². The molecule has 1 saturated carbocycles. The Morgan fingerprint density at radius 1 is 1.29 bits per heavy atom. The first-order valence-corrected chi connectivity index (χ1v) is 8.15. The van der Waals surface area contributed by atoms with Gasteiger partial charge in [0.1, 0.15) is 6.33 Å². The summed E-state index contributed by atoms with van der Waals surface area (Å²) in [6.45, 7) is 4.37. The minimum atomic E-state index is -0.211. The predicted molar refractivity (Wildman–Crippen MR) is 92.4 cm³/mol. The normalized spacial score (nSPS) is 19.2. The number of rotatable bonds is 3. The molecule has 0 aliphatic heterocycles. The summed E-state index contributed by atoms with van der Waals surface area (Å²) in [5, 5.41) is 9.93. The Labute approximate surface area is 140 Å². The third-order valence-electron chi connectivity index (χ3n) is 4.76. The van der Waals surface area contributed by atoms with E-state index in [0.29, 0.717) is 11.4 Å². The largest absolute Gasteiger partial charge is 0.350 e. The van der Waals surface area contributed by atoms with Crippen molar-refractivity contribution in [3.8, 4) is 5.69 Å². The van der Waals surface area contributed by atoms with Crippen molar-refractivity contribution in [2.24, 2.45) is 12.5 Å². The second-order valence-corrected chi connectivity index (χ2v) is 7.01. The number of amides is 2. The first-order valence-electron chi connectivity index (χ1n) is 8.15. The molecule has 1 fully saturated rings. The Hall–Kier alpha value is -2.57. The first kappa shape index (κ1) is 16.3. The topological polar surface area (TPSA) is 81.0 Å². The highest BCUT2D eigenvalue weighted by atomic mass is 16.2. The molecular formula is C17H23N5O2. The SMILES string of the molecule is Cn1cnn(-c2ccc(NC(=O)NC3CCCC3(C)C)cc2)c1=O. The first-order chi connectivity index (χ1) is 11.4. The van der Waals surface area contributed by atoms with Crippen LogP contribution < -0.4 is 16.3 Å². The average molecular weight is 329 g/mol. The van der Waals surface area contributed by atoms with Crippen LogP contribution in [-0.2, 0) is 7.05 Å². The highest BCUT2D eigenvalue weighted by Gasteiger charge is 2.35. The van der Waals surface area contributed by atoms with E-state index < -0.39 is 0 Å². The maximum atomic E-state index is 12.2. The van der Waals surface area contributed by atoms with Crippen LogP contribution in [-0.4, -0.2) is 26.4 Å². The van der Waals surface area contributed by atoms with Crippen LogP contribution in [0.5, 0.6) is 0 Å². The number of urea groups is 1. The summed E-state index contributed by atoms with van der Waals surface area (Å²) in [6, 6.07) is 7.03. The van der Waals surface area contributed by atoms with Gasteiger partial charge in [0, 0.05) is 18.8 Å². The number of hydrogen-bond acceptors (Lipinski definition) is 3. The standard InChI is InChI=1S/C17H23N5O2/c1-17(2)10-4-5-14(17)20-15(23)19-12-6-8-13(9-7-12)22-16(24)21(3)11-18-22/h6-9,11,14H,4-5,10H2,1-3H3,(H2,19,20,23). The van der Waals surface area contributed by atoms with Crippen LogP contribution in [0.15, 0.2) is 35.4 Å². The molecule has 7 heteroatoms. The zero-order chi connectivity index (χ0) is 17.3. The molecular weight excluding hydrogens is 306 g/mol. The van der Waals surface area contributed by atoms with Gasteiger partial charge in [0.15, 0.2) is 0 Å². The van der Waals surface area contributed by atoms with Crippen LogP contribution in [0, 0.1) is 5.41 Å². The number of hydrogen-bond donors (Lipinski definition) is 2. The molecule has 3 rings (SSSR count). The van der Waals surface area contributed by atoms with Gasteiger partial charge in [0.2, 0.25) is 0 Å². The van der Waals surface area contributed by atoms with Gasteiger partial charge in [-0.05, 0) is 42.5 Å². The molecule has 2 N–H and O–H groups in total. The van der Waals surface area contributed by atoms with Gasteiger partial charge in [-0.3, -0.25) is 4.57 Å². The van der Waals surface area contributed by atoms with Crippen molar-refractivity contribution in [1.29, 1.82) is 0 Å². The molecule has 0 bridgehead atoms. The lowest BCUT2D eigenvalue weighted by Gasteiger charge is -2.27. The molecule has 1 aromatic carbocycles. The van der Waals surface area contributed by atoms with E-state index in [1.165, 1.54) is 15.6 Å². The van der Waals surface area contributed by atoms with Crippen molar-refractivity contribution in [2.75, 3.05) is 5.32 Å². The van der Waals surface area contributed by atoms with E-state index in [-0.39, 0.29) is 23.2 Å². The maximum absolute atomic E-state index is 12.2. The average Bonchev–Trinajstić information content (AvgIpc) is 3.03. The molecule has 1 unspecified atom stereocenters. The van der Waals surface area contributed by atoms with E-state index in [1.54, 1.807) is 31.3 Å². The van der Waals surface area contributed by atoms with Crippen LogP contribution >= 0.6 is 0 Å². The number of anilines is 1. The molecule has 2 amide bonds. The molecule has 7 nitrogen and oxygen atoms in total. The van der Waals surface area contributed by atoms with E-state index in [9.17, 15) is 9.59 Å². The fourth-order valence-electron chi connectivity index (χ4n) is 3.16. The molecule has 128 valence electrons. The highest BCUT2D eigenvalue weighted by molar-refractivity contribution is 5.89. The van der Waals surface area contributed by atoms with E-state index in [4.69, 9.17) is 0 Å². The minimum Gasteiger partial charge on any atom is -0.335 e. The van der Waals surface area contributed by atoms with Gasteiger partial charge in [-0.1, -0.05) is 20.3 Å². The van der Waals surface area contributed by atoms with E-state index in [2.05, 4.69) is 29.6 Å². The molecule has 24 heavy (non-hydrogen) atoms. The number of benzene rings is 1. The van der Waals surface area contributed by atoms with Crippen LogP contribution in [0.3, 0.4) is 0 Å². The van der Waals surface area contributed by atoms with Crippen molar-refractivity contribution in [2.45, 2.75) is 39.2 Å². The molecule has 1 atom stereocenters. The second-order valence-electron chi connectivity index (χ2n) is 7.01. The lowest BCUT2D eigenvalue weighted by molar-refractivity contribution is 0.233. The molecule has 0 radical (unpaired) electrons. The molecule has 1 aromatic heterocycles. The summed E-state index contributed by atoms with van der Waals surface area (Å²) in [5.74, 6) is 0. The van der Waals surface area contributed by atoms with Gasteiger partial charge in [0.25, 0.3) is 0 Å². The number of nitrogens with one attached hydrogen (secondary N) is 2. The lowest BCUT2D eigenvalue weighted by atomic mass is 9.87. The van der Waals surface area contributed by atoms with Gasteiger partial charge in [0.05, 0.1) is 5.69 Å². The van der Waals surface area contributed by atoms with Gasteiger partial charge in [-0.2, -0.15) is 9.78 Å². The number of aromatic nitrogens is 3. The third-order valence-corrected chi connectivity index (χ3v) is 4.76. The zero-order valence-corrected chi connectivity index (χ0v) is 14.2. The van der Waals surface area contributed by atoms with Crippen molar-refractivity contribution >= 4 is 11.7 Å². The van der Waals surface area contributed by atoms with Gasteiger partial charge in [-0.25, -0.2) is 9.59 Å². The number of aryl methyl sites for hydroxylation is 1. The van der Waals surface area contributed by atoms with Crippen LogP contribution in [0.25, 0.3) is 5.69 Å². The van der Waals surface area contributed by atoms with Crippen molar-refractivity contribution in [3.63, 3.8) is 0 Å². The second kappa shape index (κ2) is 6.14.